The van der Waals surface area contributed by atoms with Crippen molar-refractivity contribution in [2.24, 2.45) is 0 Å². The number of nitrogens with one attached hydrogen (secondary N) is 1. The van der Waals surface area contributed by atoms with E-state index in [0.29, 0.717) is 11.1 Å². The highest BCUT2D eigenvalue weighted by Crippen LogP contribution is 2.33. The molecule has 0 aliphatic rings. The van der Waals surface area contributed by atoms with Crippen LogP contribution in [-0.4, -0.2) is 21.8 Å². The number of nitriles is 1. The Labute approximate surface area is 148 Å². The second-order valence-corrected chi connectivity index (χ2v) is 5.51. The van der Waals surface area contributed by atoms with Crippen molar-refractivity contribution in [1.29, 1.82) is 5.26 Å². The standard InChI is InChI=1S/C16H7ClF4N4O/c17-11-4-9(3-10(5-11)15-13(7-22)23-25-24-15)8-1-2-14(12(18)6-8)26-16(19,20)21/h1-6H,(H,23,24,25). The van der Waals surface area contributed by atoms with Gasteiger partial charge in [-0.1, -0.05) is 22.9 Å². The van der Waals surface area contributed by atoms with Gasteiger partial charge in [-0.25, -0.2) is 9.49 Å². The van der Waals surface area contributed by atoms with Gasteiger partial charge in [-0.15, -0.1) is 18.3 Å². The van der Waals surface area contributed by atoms with Crippen molar-refractivity contribution in [3.05, 3.63) is 52.9 Å². The van der Waals surface area contributed by atoms with Gasteiger partial charge in [-0.2, -0.15) is 5.26 Å². The Bertz CT molecular complexity index is 1010. The molecular weight excluding hydrogens is 376 g/mol. The maximum Gasteiger partial charge on any atom is 0.573 e. The molecule has 1 aromatic heterocycles. The summed E-state index contributed by atoms with van der Waals surface area (Å²) in [5.74, 6) is -2.12. The number of rotatable bonds is 3. The lowest BCUT2D eigenvalue weighted by Crippen LogP contribution is -2.17. The summed E-state index contributed by atoms with van der Waals surface area (Å²) in [5.41, 5.74) is 1.47. The smallest absolute Gasteiger partial charge is 0.403 e. The van der Waals surface area contributed by atoms with Crippen LogP contribution in [0.15, 0.2) is 36.4 Å². The highest BCUT2D eigenvalue weighted by molar-refractivity contribution is 6.31. The normalized spacial score (nSPS) is 11.2. The van der Waals surface area contributed by atoms with Crippen LogP contribution in [0.25, 0.3) is 22.4 Å². The Morgan fingerprint density at radius 2 is 1.81 bits per heavy atom. The summed E-state index contributed by atoms with van der Waals surface area (Å²) >= 11 is 6.06. The first-order chi connectivity index (χ1) is 12.3. The van der Waals surface area contributed by atoms with Gasteiger partial charge in [0.1, 0.15) is 11.8 Å². The van der Waals surface area contributed by atoms with E-state index in [1.807, 2.05) is 6.07 Å². The third-order valence-corrected chi connectivity index (χ3v) is 3.54. The van der Waals surface area contributed by atoms with Crippen molar-refractivity contribution in [3.63, 3.8) is 0 Å². The number of hydrogen-bond donors (Lipinski definition) is 1. The maximum absolute atomic E-state index is 13.9. The van der Waals surface area contributed by atoms with E-state index >= 15 is 0 Å². The molecule has 0 spiro atoms. The minimum absolute atomic E-state index is 0.110. The number of hydrogen-bond acceptors (Lipinski definition) is 4. The van der Waals surface area contributed by atoms with E-state index in [2.05, 4.69) is 20.1 Å². The van der Waals surface area contributed by atoms with Gasteiger partial charge in [0, 0.05) is 10.6 Å². The fraction of sp³-hybridized carbons (Fsp3) is 0.0625. The molecule has 10 heteroatoms. The van der Waals surface area contributed by atoms with E-state index < -0.39 is 17.9 Å². The van der Waals surface area contributed by atoms with E-state index in [0.717, 1.165) is 12.1 Å². The molecule has 5 nitrogen and oxygen atoms in total. The summed E-state index contributed by atoms with van der Waals surface area (Å²) in [5, 5.41) is 19.1. The van der Waals surface area contributed by atoms with Crippen LogP contribution >= 0.6 is 11.6 Å². The van der Waals surface area contributed by atoms with E-state index in [1.54, 1.807) is 6.07 Å². The van der Waals surface area contributed by atoms with Crippen molar-refractivity contribution in [1.82, 2.24) is 15.4 Å². The molecule has 0 bridgehead atoms. The Morgan fingerprint density at radius 1 is 1.08 bits per heavy atom. The molecule has 3 aromatic rings. The first-order valence-corrected chi connectivity index (χ1v) is 7.32. The van der Waals surface area contributed by atoms with Gasteiger partial charge in [-0.05, 0) is 41.5 Å². The summed E-state index contributed by atoms with van der Waals surface area (Å²) in [4.78, 5) is 0. The summed E-state index contributed by atoms with van der Waals surface area (Å²) < 4.78 is 54.2. The zero-order chi connectivity index (χ0) is 18.9. The molecule has 0 fully saturated rings. The van der Waals surface area contributed by atoms with Crippen molar-refractivity contribution >= 4 is 11.6 Å². The zero-order valence-electron chi connectivity index (χ0n) is 12.6. The van der Waals surface area contributed by atoms with Gasteiger partial charge in [0.05, 0.1) is 0 Å². The summed E-state index contributed by atoms with van der Waals surface area (Å²) in [6.45, 7) is 0. The Kier molecular flexibility index (Phi) is 4.52. The average Bonchev–Trinajstić information content (AvgIpc) is 3.03. The summed E-state index contributed by atoms with van der Waals surface area (Å²) in [7, 11) is 0. The SMILES string of the molecule is N#Cc1[nH]nnc1-c1cc(Cl)cc(-c2ccc(OC(F)(F)F)c(F)c2)c1. The number of H-pyrrole nitrogens is 1. The minimum atomic E-state index is -4.99. The lowest BCUT2D eigenvalue weighted by Gasteiger charge is -2.11. The molecule has 0 saturated heterocycles. The molecule has 1 heterocycles. The predicted molar refractivity (Wildman–Crippen MR) is 83.6 cm³/mol. The first kappa shape index (κ1) is 17.7. The van der Waals surface area contributed by atoms with Gasteiger partial charge in [0.25, 0.3) is 0 Å². The number of ether oxygens (including phenoxy) is 1. The molecule has 3 rings (SSSR count). The fourth-order valence-electron chi connectivity index (χ4n) is 2.29. The van der Waals surface area contributed by atoms with Crippen molar-refractivity contribution in [2.45, 2.75) is 6.36 Å². The van der Waals surface area contributed by atoms with E-state index in [9.17, 15) is 17.6 Å². The highest BCUT2D eigenvalue weighted by Gasteiger charge is 2.32. The minimum Gasteiger partial charge on any atom is -0.403 e. The summed E-state index contributed by atoms with van der Waals surface area (Å²) in [6, 6.07) is 9.49. The molecular formula is C16H7ClF4N4O. The number of halogens is 5. The molecule has 26 heavy (non-hydrogen) atoms. The van der Waals surface area contributed by atoms with Crippen molar-refractivity contribution < 1.29 is 22.3 Å². The topological polar surface area (TPSA) is 74.6 Å². The number of nitrogens with zero attached hydrogens (tertiary/aromatic N) is 3. The monoisotopic (exact) mass is 382 g/mol. The number of alkyl halides is 3. The van der Waals surface area contributed by atoms with Crippen LogP contribution in [0, 0.1) is 17.1 Å². The molecule has 1 N–H and O–H groups in total. The number of aromatic nitrogens is 3. The molecule has 0 atom stereocenters. The van der Waals surface area contributed by atoms with Crippen LogP contribution in [0.5, 0.6) is 5.75 Å². The lowest BCUT2D eigenvalue weighted by atomic mass is 10.0. The molecule has 0 amide bonds. The van der Waals surface area contributed by atoms with Gasteiger partial charge in [-0.3, -0.25) is 0 Å². The molecule has 2 aromatic carbocycles. The van der Waals surface area contributed by atoms with Gasteiger partial charge in [0.2, 0.25) is 0 Å². The lowest BCUT2D eigenvalue weighted by molar-refractivity contribution is -0.275. The fourth-order valence-corrected chi connectivity index (χ4v) is 2.52. The first-order valence-electron chi connectivity index (χ1n) is 6.94. The molecule has 0 aliphatic carbocycles. The number of benzene rings is 2. The number of aromatic amines is 1. The summed E-state index contributed by atoms with van der Waals surface area (Å²) in [6.07, 6.45) is -4.99. The predicted octanol–water partition coefficient (Wildman–Crippen LogP) is 4.70. The van der Waals surface area contributed by atoms with Crippen LogP contribution < -0.4 is 4.74 Å². The molecule has 0 aliphatic heterocycles. The van der Waals surface area contributed by atoms with Gasteiger partial charge < -0.3 is 4.74 Å². The maximum atomic E-state index is 13.9. The van der Waals surface area contributed by atoms with Crippen LogP contribution in [0.1, 0.15) is 5.69 Å². The van der Waals surface area contributed by atoms with E-state index in [-0.39, 0.29) is 22.0 Å². The zero-order valence-corrected chi connectivity index (χ0v) is 13.4. The largest absolute Gasteiger partial charge is 0.573 e. The van der Waals surface area contributed by atoms with E-state index in [4.69, 9.17) is 16.9 Å². The van der Waals surface area contributed by atoms with Gasteiger partial charge >= 0.3 is 6.36 Å². The quantitative estimate of drug-likeness (QED) is 0.666. The molecule has 0 saturated carbocycles. The van der Waals surface area contributed by atoms with Crippen LogP contribution in [-0.2, 0) is 0 Å². The molecule has 132 valence electrons. The highest BCUT2D eigenvalue weighted by atomic mass is 35.5. The molecule has 0 radical (unpaired) electrons. The second-order valence-electron chi connectivity index (χ2n) is 5.07. The molecule has 0 unspecified atom stereocenters. The van der Waals surface area contributed by atoms with E-state index in [1.165, 1.54) is 18.2 Å². The average molecular weight is 383 g/mol. The Hall–Kier alpha value is -3.12. The van der Waals surface area contributed by atoms with Gasteiger partial charge in [0.15, 0.2) is 17.3 Å². The second kappa shape index (κ2) is 6.65. The van der Waals surface area contributed by atoms with Crippen molar-refractivity contribution in [2.75, 3.05) is 0 Å². The van der Waals surface area contributed by atoms with Crippen molar-refractivity contribution in [3.8, 4) is 34.2 Å². The van der Waals surface area contributed by atoms with Crippen LogP contribution in [0.2, 0.25) is 5.02 Å². The van der Waals surface area contributed by atoms with Crippen LogP contribution in [0.4, 0.5) is 17.6 Å². The Morgan fingerprint density at radius 3 is 2.46 bits per heavy atom. The Balaban J connectivity index is 2.03. The van der Waals surface area contributed by atoms with Crippen LogP contribution in [0.3, 0.4) is 0 Å². The third kappa shape index (κ3) is 3.75. The third-order valence-electron chi connectivity index (χ3n) is 3.32.